The van der Waals surface area contributed by atoms with Gasteiger partial charge in [0.25, 0.3) is 0 Å². The number of halogens is 2. The SMILES string of the molecule is CO[C@@H]1O[C@H]([C@@H](O)c2ccc(F)c(F)c2)[C@H]2OC(C)(C)O[C@@H]12. The number of benzene rings is 1. The average molecular weight is 316 g/mol. The van der Waals surface area contributed by atoms with E-state index in [1.54, 1.807) is 13.8 Å². The Morgan fingerprint density at radius 3 is 2.50 bits per heavy atom. The van der Waals surface area contributed by atoms with E-state index in [0.717, 1.165) is 12.1 Å². The summed E-state index contributed by atoms with van der Waals surface area (Å²) in [5.41, 5.74) is 0.202. The second-order valence-corrected chi connectivity index (χ2v) is 5.89. The molecule has 0 aromatic heterocycles. The maximum absolute atomic E-state index is 13.4. The molecule has 7 heteroatoms. The molecule has 1 aromatic rings. The molecule has 2 saturated heterocycles. The maximum atomic E-state index is 13.4. The van der Waals surface area contributed by atoms with Crippen molar-refractivity contribution < 1.29 is 32.8 Å². The highest BCUT2D eigenvalue weighted by atomic mass is 19.2. The molecule has 1 N–H and O–H groups in total. The summed E-state index contributed by atoms with van der Waals surface area (Å²) in [5, 5.41) is 10.5. The first-order chi connectivity index (χ1) is 10.3. The van der Waals surface area contributed by atoms with Crippen LogP contribution >= 0.6 is 0 Å². The van der Waals surface area contributed by atoms with Gasteiger partial charge < -0.3 is 24.1 Å². The Labute approximate surface area is 126 Å². The zero-order chi connectivity index (χ0) is 16.1. The first-order valence-corrected chi connectivity index (χ1v) is 6.99. The van der Waals surface area contributed by atoms with Crippen LogP contribution in [0.3, 0.4) is 0 Å². The van der Waals surface area contributed by atoms with Crippen molar-refractivity contribution in [3.63, 3.8) is 0 Å². The lowest BCUT2D eigenvalue weighted by Gasteiger charge is -2.26. The molecule has 5 nitrogen and oxygen atoms in total. The first-order valence-electron chi connectivity index (χ1n) is 6.99. The molecule has 0 saturated carbocycles. The Hall–Kier alpha value is -1.12. The van der Waals surface area contributed by atoms with Crippen molar-refractivity contribution in [1.29, 1.82) is 0 Å². The molecule has 22 heavy (non-hydrogen) atoms. The number of hydrogen-bond donors (Lipinski definition) is 1. The van der Waals surface area contributed by atoms with Crippen LogP contribution in [0.25, 0.3) is 0 Å². The third-order valence-electron chi connectivity index (χ3n) is 3.88. The molecular formula is C15H18F2O5. The average Bonchev–Trinajstić information content (AvgIpc) is 2.94. The minimum absolute atomic E-state index is 0.202. The predicted octanol–water partition coefficient (Wildman–Crippen LogP) is 1.89. The molecule has 0 unspecified atom stereocenters. The quantitative estimate of drug-likeness (QED) is 0.923. The third kappa shape index (κ3) is 2.63. The van der Waals surface area contributed by atoms with E-state index in [1.165, 1.54) is 13.2 Å². The van der Waals surface area contributed by atoms with Gasteiger partial charge in [-0.25, -0.2) is 8.78 Å². The molecule has 2 heterocycles. The maximum Gasteiger partial charge on any atom is 0.186 e. The molecule has 2 fully saturated rings. The van der Waals surface area contributed by atoms with E-state index >= 15 is 0 Å². The number of methoxy groups -OCH3 is 1. The van der Waals surface area contributed by atoms with Gasteiger partial charge >= 0.3 is 0 Å². The van der Waals surface area contributed by atoms with Gasteiger partial charge in [-0.1, -0.05) is 6.07 Å². The Kier molecular flexibility index (Phi) is 3.94. The monoisotopic (exact) mass is 316 g/mol. The molecule has 0 radical (unpaired) electrons. The van der Waals surface area contributed by atoms with E-state index in [0.29, 0.717) is 0 Å². The molecule has 2 aliphatic heterocycles. The molecular weight excluding hydrogens is 298 g/mol. The van der Waals surface area contributed by atoms with Gasteiger partial charge in [0, 0.05) is 7.11 Å². The molecule has 3 rings (SSSR count). The summed E-state index contributed by atoms with van der Waals surface area (Å²) in [4.78, 5) is 0. The molecule has 2 aliphatic rings. The number of hydrogen-bond acceptors (Lipinski definition) is 5. The highest BCUT2D eigenvalue weighted by Crippen LogP contribution is 2.42. The number of ether oxygens (including phenoxy) is 4. The van der Waals surface area contributed by atoms with Crippen LogP contribution in [0.5, 0.6) is 0 Å². The van der Waals surface area contributed by atoms with Crippen LogP contribution in [0.15, 0.2) is 18.2 Å². The van der Waals surface area contributed by atoms with Gasteiger partial charge in [0.15, 0.2) is 23.7 Å². The topological polar surface area (TPSA) is 57.2 Å². The van der Waals surface area contributed by atoms with Crippen LogP contribution in [0.1, 0.15) is 25.5 Å². The molecule has 1 aromatic carbocycles. The summed E-state index contributed by atoms with van der Waals surface area (Å²) in [6, 6.07) is 3.21. The minimum Gasteiger partial charge on any atom is -0.386 e. The largest absolute Gasteiger partial charge is 0.386 e. The molecule has 0 amide bonds. The molecule has 122 valence electrons. The number of aliphatic hydroxyl groups excluding tert-OH is 1. The zero-order valence-electron chi connectivity index (χ0n) is 12.5. The summed E-state index contributed by atoms with van der Waals surface area (Å²) in [5.74, 6) is -2.84. The highest BCUT2D eigenvalue weighted by molar-refractivity contribution is 5.22. The molecule has 5 atom stereocenters. The third-order valence-corrected chi connectivity index (χ3v) is 3.88. The standard InChI is InChI=1S/C15H18F2O5/c1-15(2)21-12-11(20-14(19-3)13(12)22-15)10(18)7-4-5-8(16)9(17)6-7/h4-6,10-14,18H,1-3H3/t10-,11+,12+,13+,14+/m0/s1. The Morgan fingerprint density at radius 1 is 1.18 bits per heavy atom. The van der Waals surface area contributed by atoms with E-state index in [-0.39, 0.29) is 5.56 Å². The molecule has 0 bridgehead atoms. The molecule has 0 spiro atoms. The van der Waals surface area contributed by atoms with Crippen LogP contribution in [0.2, 0.25) is 0 Å². The lowest BCUT2D eigenvalue weighted by atomic mass is 9.99. The van der Waals surface area contributed by atoms with Crippen molar-refractivity contribution in [2.45, 2.75) is 50.3 Å². The van der Waals surface area contributed by atoms with Gasteiger partial charge in [-0.05, 0) is 31.5 Å². The van der Waals surface area contributed by atoms with Gasteiger partial charge in [-0.3, -0.25) is 0 Å². The van der Waals surface area contributed by atoms with E-state index in [4.69, 9.17) is 18.9 Å². The van der Waals surface area contributed by atoms with E-state index in [1.807, 2.05) is 0 Å². The van der Waals surface area contributed by atoms with Crippen LogP contribution in [0.4, 0.5) is 8.78 Å². The van der Waals surface area contributed by atoms with Crippen molar-refractivity contribution in [1.82, 2.24) is 0 Å². The lowest BCUT2D eigenvalue weighted by molar-refractivity contribution is -0.237. The summed E-state index contributed by atoms with van der Waals surface area (Å²) in [6.07, 6.45) is -3.76. The smallest absolute Gasteiger partial charge is 0.186 e. The Balaban J connectivity index is 1.85. The summed E-state index contributed by atoms with van der Waals surface area (Å²) < 4.78 is 48.7. The molecule has 0 aliphatic carbocycles. The second-order valence-electron chi connectivity index (χ2n) is 5.89. The van der Waals surface area contributed by atoms with Gasteiger partial charge in [0.2, 0.25) is 0 Å². The van der Waals surface area contributed by atoms with Crippen molar-refractivity contribution in [3.05, 3.63) is 35.4 Å². The normalized spacial score (nSPS) is 34.6. The van der Waals surface area contributed by atoms with Crippen molar-refractivity contribution in [2.75, 3.05) is 7.11 Å². The van der Waals surface area contributed by atoms with Gasteiger partial charge in [-0.15, -0.1) is 0 Å². The summed E-state index contributed by atoms with van der Waals surface area (Å²) in [6.45, 7) is 3.50. The lowest BCUT2D eigenvalue weighted by Crippen LogP contribution is -2.34. The number of rotatable bonds is 3. The van der Waals surface area contributed by atoms with Crippen LogP contribution in [-0.2, 0) is 18.9 Å². The van der Waals surface area contributed by atoms with Crippen LogP contribution < -0.4 is 0 Å². The van der Waals surface area contributed by atoms with E-state index in [9.17, 15) is 13.9 Å². The van der Waals surface area contributed by atoms with Crippen molar-refractivity contribution in [3.8, 4) is 0 Å². The predicted molar refractivity (Wildman–Crippen MR) is 70.8 cm³/mol. The Bertz CT molecular complexity index is 565. The zero-order valence-corrected chi connectivity index (χ0v) is 12.5. The van der Waals surface area contributed by atoms with Crippen molar-refractivity contribution >= 4 is 0 Å². The highest BCUT2D eigenvalue weighted by Gasteiger charge is 2.57. The van der Waals surface area contributed by atoms with Gasteiger partial charge in [-0.2, -0.15) is 0 Å². The van der Waals surface area contributed by atoms with Gasteiger partial charge in [0.1, 0.15) is 24.4 Å². The van der Waals surface area contributed by atoms with E-state index < -0.39 is 48.1 Å². The van der Waals surface area contributed by atoms with Crippen molar-refractivity contribution in [2.24, 2.45) is 0 Å². The van der Waals surface area contributed by atoms with Crippen LogP contribution in [-0.4, -0.2) is 42.6 Å². The summed E-state index contributed by atoms with van der Waals surface area (Å²) in [7, 11) is 1.46. The number of fused-ring (bicyclic) bond motifs is 1. The Morgan fingerprint density at radius 2 is 1.86 bits per heavy atom. The summed E-state index contributed by atoms with van der Waals surface area (Å²) >= 11 is 0. The van der Waals surface area contributed by atoms with Crippen LogP contribution in [0, 0.1) is 11.6 Å². The fourth-order valence-corrected chi connectivity index (χ4v) is 2.92. The fourth-order valence-electron chi connectivity index (χ4n) is 2.92. The van der Waals surface area contributed by atoms with E-state index in [2.05, 4.69) is 0 Å². The first kappa shape index (κ1) is 15.8. The minimum atomic E-state index is -1.19. The van der Waals surface area contributed by atoms with Gasteiger partial charge in [0.05, 0.1) is 0 Å². The fraction of sp³-hybridized carbons (Fsp3) is 0.600. The number of aliphatic hydroxyl groups is 1. The second kappa shape index (κ2) is 5.50.